The summed E-state index contributed by atoms with van der Waals surface area (Å²) in [4.78, 5) is 16.2. The molecule has 1 heterocycles. The van der Waals surface area contributed by atoms with Crippen LogP contribution in [-0.2, 0) is 6.42 Å². The van der Waals surface area contributed by atoms with Crippen LogP contribution in [0.15, 0.2) is 24.3 Å². The summed E-state index contributed by atoms with van der Waals surface area (Å²) in [6.07, 6.45) is 1.65. The van der Waals surface area contributed by atoms with Crippen LogP contribution in [0.3, 0.4) is 0 Å². The lowest BCUT2D eigenvalue weighted by Crippen LogP contribution is -2.00. The third-order valence-corrected chi connectivity index (χ3v) is 3.88. The molecule has 0 unspecified atom stereocenters. The van der Waals surface area contributed by atoms with Crippen LogP contribution in [0.5, 0.6) is 0 Å². The van der Waals surface area contributed by atoms with Gasteiger partial charge in [0.2, 0.25) is 0 Å². The Hall–Kier alpha value is -1.39. The minimum atomic E-state index is -0.963. The molecule has 1 aromatic heterocycles. The Bertz CT molecular complexity index is 563. The van der Waals surface area contributed by atoms with Crippen LogP contribution in [0.2, 0.25) is 5.02 Å². The van der Waals surface area contributed by atoms with Gasteiger partial charge in [0.05, 0.1) is 0 Å². The molecule has 0 aliphatic heterocycles. The summed E-state index contributed by atoms with van der Waals surface area (Å²) in [5.74, 6) is -0.963. The highest BCUT2D eigenvalue weighted by Gasteiger charge is 2.17. The molecule has 5 heteroatoms. The van der Waals surface area contributed by atoms with E-state index in [4.69, 9.17) is 16.7 Å². The molecule has 94 valence electrons. The van der Waals surface area contributed by atoms with Crippen molar-refractivity contribution in [2.24, 2.45) is 0 Å². The Morgan fingerprint density at radius 3 is 2.61 bits per heavy atom. The molecule has 0 spiro atoms. The molecule has 2 rings (SSSR count). The zero-order chi connectivity index (χ0) is 13.1. The molecular weight excluding hydrogens is 270 g/mol. The molecule has 0 saturated heterocycles. The lowest BCUT2D eigenvalue weighted by Gasteiger charge is -1.95. The van der Waals surface area contributed by atoms with E-state index in [1.807, 2.05) is 19.1 Å². The maximum atomic E-state index is 11.1. The van der Waals surface area contributed by atoms with E-state index in [0.717, 1.165) is 28.3 Å². The maximum Gasteiger partial charge on any atom is 0.355 e. The van der Waals surface area contributed by atoms with Gasteiger partial charge < -0.3 is 5.11 Å². The fourth-order valence-corrected chi connectivity index (χ4v) is 2.92. The highest BCUT2D eigenvalue weighted by molar-refractivity contribution is 7.15. The van der Waals surface area contributed by atoms with E-state index in [1.54, 1.807) is 12.1 Å². The summed E-state index contributed by atoms with van der Waals surface area (Å²) < 4.78 is 0. The second-order valence-electron chi connectivity index (χ2n) is 3.85. The number of rotatable bonds is 4. The summed E-state index contributed by atoms with van der Waals surface area (Å²) in [5.41, 5.74) is 1.07. The quantitative estimate of drug-likeness (QED) is 0.917. The van der Waals surface area contributed by atoms with E-state index in [-0.39, 0.29) is 5.69 Å². The first-order valence-electron chi connectivity index (χ1n) is 5.60. The largest absolute Gasteiger partial charge is 0.476 e. The molecular formula is C13H12ClNO2S. The highest BCUT2D eigenvalue weighted by atomic mass is 35.5. The number of hydrogen-bond acceptors (Lipinski definition) is 3. The summed E-state index contributed by atoms with van der Waals surface area (Å²) >= 11 is 7.26. The van der Waals surface area contributed by atoms with Crippen LogP contribution in [0.4, 0.5) is 0 Å². The first-order valence-corrected chi connectivity index (χ1v) is 6.80. The number of aryl methyl sites for hydroxylation is 1. The van der Waals surface area contributed by atoms with Crippen molar-refractivity contribution in [3.8, 4) is 10.6 Å². The van der Waals surface area contributed by atoms with E-state index in [1.165, 1.54) is 11.3 Å². The molecule has 1 aromatic carbocycles. The second-order valence-corrected chi connectivity index (χ2v) is 5.37. The number of halogens is 1. The van der Waals surface area contributed by atoms with Crippen LogP contribution < -0.4 is 0 Å². The molecule has 3 nitrogen and oxygen atoms in total. The summed E-state index contributed by atoms with van der Waals surface area (Å²) in [7, 11) is 0. The predicted molar refractivity (Wildman–Crippen MR) is 73.5 cm³/mol. The molecule has 0 aliphatic carbocycles. The Kier molecular flexibility index (Phi) is 3.99. The van der Waals surface area contributed by atoms with Gasteiger partial charge in [-0.25, -0.2) is 9.78 Å². The monoisotopic (exact) mass is 281 g/mol. The van der Waals surface area contributed by atoms with Gasteiger partial charge in [0.15, 0.2) is 5.69 Å². The van der Waals surface area contributed by atoms with Crippen LogP contribution in [0.25, 0.3) is 10.6 Å². The summed E-state index contributed by atoms with van der Waals surface area (Å²) in [6, 6.07) is 7.25. The average Bonchev–Trinajstić information content (AvgIpc) is 2.75. The molecule has 2 aromatic rings. The molecule has 0 radical (unpaired) electrons. The van der Waals surface area contributed by atoms with Gasteiger partial charge in [0, 0.05) is 15.5 Å². The van der Waals surface area contributed by atoms with E-state index >= 15 is 0 Å². The molecule has 0 fully saturated rings. The topological polar surface area (TPSA) is 50.2 Å². The van der Waals surface area contributed by atoms with Gasteiger partial charge in [0.1, 0.15) is 5.01 Å². The number of aromatic carboxylic acids is 1. The molecule has 0 bridgehead atoms. The van der Waals surface area contributed by atoms with Gasteiger partial charge in [0.25, 0.3) is 0 Å². The number of benzene rings is 1. The van der Waals surface area contributed by atoms with Crippen LogP contribution >= 0.6 is 22.9 Å². The normalized spacial score (nSPS) is 10.6. The first kappa shape index (κ1) is 13.1. The minimum absolute atomic E-state index is 0.173. The number of carbonyl (C=O) groups is 1. The van der Waals surface area contributed by atoms with Crippen molar-refractivity contribution in [1.82, 2.24) is 4.98 Å². The van der Waals surface area contributed by atoms with E-state index in [2.05, 4.69) is 4.98 Å². The zero-order valence-corrected chi connectivity index (χ0v) is 11.4. The van der Waals surface area contributed by atoms with Gasteiger partial charge in [-0.1, -0.05) is 37.1 Å². The Balaban J connectivity index is 2.42. The second kappa shape index (κ2) is 5.50. The molecule has 1 N–H and O–H groups in total. The molecule has 0 atom stereocenters. The number of aromatic nitrogens is 1. The van der Waals surface area contributed by atoms with Gasteiger partial charge in [-0.05, 0) is 18.6 Å². The molecule has 0 saturated carbocycles. The smallest absolute Gasteiger partial charge is 0.355 e. The number of hydrogen-bond donors (Lipinski definition) is 1. The predicted octanol–water partition coefficient (Wildman–Crippen LogP) is 4.11. The van der Waals surface area contributed by atoms with Gasteiger partial charge in [-0.2, -0.15) is 0 Å². The van der Waals surface area contributed by atoms with Crippen molar-refractivity contribution in [1.29, 1.82) is 0 Å². The van der Waals surface area contributed by atoms with Crippen molar-refractivity contribution >= 4 is 28.9 Å². The van der Waals surface area contributed by atoms with Crippen LogP contribution in [0, 0.1) is 0 Å². The maximum absolute atomic E-state index is 11.1. The SMILES string of the molecule is CCCc1sc(-c2ccc(Cl)cc2)nc1C(=O)O. The molecule has 0 amide bonds. The first-order chi connectivity index (χ1) is 8.61. The summed E-state index contributed by atoms with van der Waals surface area (Å²) in [5, 5.41) is 10.5. The Labute approximate surface area is 114 Å². The van der Waals surface area contributed by atoms with Crippen molar-refractivity contribution in [2.75, 3.05) is 0 Å². The molecule has 0 aliphatic rings. The minimum Gasteiger partial charge on any atom is -0.476 e. The van der Waals surface area contributed by atoms with Crippen molar-refractivity contribution in [2.45, 2.75) is 19.8 Å². The average molecular weight is 282 g/mol. The number of nitrogens with zero attached hydrogens (tertiary/aromatic N) is 1. The molecule has 18 heavy (non-hydrogen) atoms. The number of carboxylic acids is 1. The Morgan fingerprint density at radius 1 is 1.39 bits per heavy atom. The van der Waals surface area contributed by atoms with Crippen LogP contribution in [-0.4, -0.2) is 16.1 Å². The van der Waals surface area contributed by atoms with Crippen LogP contribution in [0.1, 0.15) is 28.7 Å². The highest BCUT2D eigenvalue weighted by Crippen LogP contribution is 2.29. The fraction of sp³-hybridized carbons (Fsp3) is 0.231. The van der Waals surface area contributed by atoms with Crippen molar-refractivity contribution in [3.63, 3.8) is 0 Å². The van der Waals surface area contributed by atoms with Gasteiger partial charge >= 0.3 is 5.97 Å². The Morgan fingerprint density at radius 2 is 2.06 bits per heavy atom. The van der Waals surface area contributed by atoms with E-state index in [0.29, 0.717) is 5.02 Å². The zero-order valence-electron chi connectivity index (χ0n) is 9.81. The van der Waals surface area contributed by atoms with Crippen molar-refractivity contribution in [3.05, 3.63) is 39.9 Å². The summed E-state index contributed by atoms with van der Waals surface area (Å²) in [6.45, 7) is 2.02. The van der Waals surface area contributed by atoms with Gasteiger partial charge in [-0.15, -0.1) is 11.3 Å². The number of thiazole rings is 1. The van der Waals surface area contributed by atoms with Gasteiger partial charge in [-0.3, -0.25) is 0 Å². The van der Waals surface area contributed by atoms with E-state index in [9.17, 15) is 4.79 Å². The lowest BCUT2D eigenvalue weighted by molar-refractivity contribution is 0.0690. The van der Waals surface area contributed by atoms with E-state index < -0.39 is 5.97 Å². The lowest BCUT2D eigenvalue weighted by atomic mass is 10.2. The number of carboxylic acid groups (broad SMARTS) is 1. The third kappa shape index (κ3) is 2.71. The fourth-order valence-electron chi connectivity index (χ4n) is 1.63. The third-order valence-electron chi connectivity index (χ3n) is 2.47. The standard InChI is InChI=1S/C13H12ClNO2S/c1-2-3-10-11(13(16)17)15-12(18-10)8-4-6-9(14)7-5-8/h4-7H,2-3H2,1H3,(H,16,17). The van der Waals surface area contributed by atoms with Crippen molar-refractivity contribution < 1.29 is 9.90 Å².